The molecule has 0 radical (unpaired) electrons. The Morgan fingerprint density at radius 1 is 1.50 bits per heavy atom. The topological polar surface area (TPSA) is 32.6 Å². The van der Waals surface area contributed by atoms with Gasteiger partial charge >= 0.3 is 0 Å². The largest absolute Gasteiger partial charge is 0.371 e. The molecule has 0 bridgehead atoms. The lowest BCUT2D eigenvalue weighted by molar-refractivity contribution is 0.182. The molecule has 1 aliphatic heterocycles. The molecule has 0 saturated heterocycles. The first-order chi connectivity index (χ1) is 4.86. The van der Waals surface area contributed by atoms with E-state index in [2.05, 4.69) is 4.99 Å². The van der Waals surface area contributed by atoms with Crippen LogP contribution in [0.5, 0.6) is 0 Å². The highest BCUT2D eigenvalue weighted by atomic mass is 16.3. The van der Waals surface area contributed by atoms with Gasteiger partial charge in [0, 0.05) is 12.6 Å². The zero-order valence-corrected chi connectivity index (χ0v) is 5.83. The zero-order chi connectivity index (χ0) is 6.97. The molecule has 0 amide bonds. The minimum absolute atomic E-state index is 0.458. The fourth-order valence-corrected chi connectivity index (χ4v) is 1.33. The Kier molecular flexibility index (Phi) is 1.34. The second-order valence-electron chi connectivity index (χ2n) is 3.00. The summed E-state index contributed by atoms with van der Waals surface area (Å²) in [5.41, 5.74) is 1.39. The molecule has 54 valence electrons. The molecule has 2 heteroatoms. The Morgan fingerprint density at radius 2 is 2.30 bits per heavy atom. The Labute approximate surface area is 60.3 Å². The van der Waals surface area contributed by atoms with Crippen molar-refractivity contribution in [3.8, 4) is 0 Å². The molecule has 1 heterocycles. The maximum absolute atomic E-state index is 9.12. The first-order valence-electron chi connectivity index (χ1n) is 3.76. The van der Waals surface area contributed by atoms with E-state index >= 15 is 0 Å². The molecule has 1 unspecified atom stereocenters. The van der Waals surface area contributed by atoms with Gasteiger partial charge in [-0.25, -0.2) is 0 Å². The third-order valence-electron chi connectivity index (χ3n) is 2.07. The van der Waals surface area contributed by atoms with E-state index in [1.807, 2.05) is 6.08 Å². The molecule has 2 nitrogen and oxygen atoms in total. The van der Waals surface area contributed by atoms with Crippen molar-refractivity contribution >= 4 is 6.21 Å². The van der Waals surface area contributed by atoms with Crippen LogP contribution in [0.4, 0.5) is 0 Å². The number of dihydropyridines is 1. The van der Waals surface area contributed by atoms with Crippen LogP contribution in [0.1, 0.15) is 19.3 Å². The predicted molar refractivity (Wildman–Crippen MR) is 39.9 cm³/mol. The van der Waals surface area contributed by atoms with Crippen LogP contribution in [-0.4, -0.2) is 17.5 Å². The number of allylic oxidation sites excluding steroid dienone is 1. The van der Waals surface area contributed by atoms with Gasteiger partial charge in [0.15, 0.2) is 0 Å². The van der Waals surface area contributed by atoms with E-state index in [1.165, 1.54) is 18.4 Å². The maximum Gasteiger partial charge on any atom is 0.148 e. The summed E-state index contributed by atoms with van der Waals surface area (Å²) in [7, 11) is 0. The highest BCUT2D eigenvalue weighted by molar-refractivity contribution is 5.73. The van der Waals surface area contributed by atoms with Crippen LogP contribution in [-0.2, 0) is 0 Å². The van der Waals surface area contributed by atoms with Gasteiger partial charge in [-0.2, -0.15) is 0 Å². The third kappa shape index (κ3) is 1.12. The number of aliphatic hydroxyl groups is 1. The van der Waals surface area contributed by atoms with E-state index in [1.54, 1.807) is 6.21 Å². The third-order valence-corrected chi connectivity index (χ3v) is 2.07. The van der Waals surface area contributed by atoms with Gasteiger partial charge < -0.3 is 5.11 Å². The van der Waals surface area contributed by atoms with Crippen LogP contribution in [0.25, 0.3) is 0 Å². The van der Waals surface area contributed by atoms with Crippen molar-refractivity contribution in [2.45, 2.75) is 25.5 Å². The molecule has 10 heavy (non-hydrogen) atoms. The van der Waals surface area contributed by atoms with E-state index in [4.69, 9.17) is 5.11 Å². The van der Waals surface area contributed by atoms with Gasteiger partial charge in [0.1, 0.15) is 6.23 Å². The maximum atomic E-state index is 9.12. The molecule has 1 atom stereocenters. The summed E-state index contributed by atoms with van der Waals surface area (Å²) in [6.45, 7) is 0. The Morgan fingerprint density at radius 3 is 2.90 bits per heavy atom. The second kappa shape index (κ2) is 2.20. The SMILES string of the molecule is OC1CC(C2CC2)=CC=N1. The monoisotopic (exact) mass is 137 g/mol. The standard InChI is InChI=1S/C8H11NO/c10-8-5-7(3-4-9-8)6-1-2-6/h3-4,6,8,10H,1-2,5H2. The Bertz CT molecular complexity index is 191. The van der Waals surface area contributed by atoms with Gasteiger partial charge in [-0.15, -0.1) is 0 Å². The zero-order valence-electron chi connectivity index (χ0n) is 5.83. The lowest BCUT2D eigenvalue weighted by Crippen LogP contribution is -2.09. The number of aliphatic hydroxyl groups excluding tert-OH is 1. The highest BCUT2D eigenvalue weighted by Gasteiger charge is 2.27. The summed E-state index contributed by atoms with van der Waals surface area (Å²) < 4.78 is 0. The molecule has 1 saturated carbocycles. The summed E-state index contributed by atoms with van der Waals surface area (Å²) in [6, 6.07) is 0. The van der Waals surface area contributed by atoms with Crippen molar-refractivity contribution < 1.29 is 5.11 Å². The molecular weight excluding hydrogens is 126 g/mol. The van der Waals surface area contributed by atoms with Gasteiger partial charge in [-0.1, -0.05) is 5.57 Å². The molecule has 0 aromatic heterocycles. The predicted octanol–water partition coefficient (Wildman–Crippen LogP) is 1.12. The molecule has 2 aliphatic rings. The van der Waals surface area contributed by atoms with Gasteiger partial charge in [-0.05, 0) is 24.8 Å². The van der Waals surface area contributed by atoms with Crippen molar-refractivity contribution in [1.29, 1.82) is 0 Å². The van der Waals surface area contributed by atoms with Gasteiger partial charge in [0.2, 0.25) is 0 Å². The first-order valence-corrected chi connectivity index (χ1v) is 3.76. The average molecular weight is 137 g/mol. The molecule has 1 fully saturated rings. The Balaban J connectivity index is 2.06. The molecule has 0 spiro atoms. The first kappa shape index (κ1) is 6.10. The average Bonchev–Trinajstić information content (AvgIpc) is 2.68. The van der Waals surface area contributed by atoms with Crippen molar-refractivity contribution in [3.63, 3.8) is 0 Å². The van der Waals surface area contributed by atoms with Crippen LogP contribution < -0.4 is 0 Å². The number of nitrogens with zero attached hydrogens (tertiary/aromatic N) is 1. The lowest BCUT2D eigenvalue weighted by Gasteiger charge is -2.11. The van der Waals surface area contributed by atoms with E-state index in [-0.39, 0.29) is 0 Å². The van der Waals surface area contributed by atoms with Crippen molar-refractivity contribution in [2.75, 3.05) is 0 Å². The van der Waals surface area contributed by atoms with Gasteiger partial charge in [0.05, 0.1) is 0 Å². The van der Waals surface area contributed by atoms with Crippen LogP contribution >= 0.6 is 0 Å². The molecular formula is C8H11NO. The fraction of sp³-hybridized carbons (Fsp3) is 0.625. The molecule has 0 aromatic carbocycles. The van der Waals surface area contributed by atoms with Gasteiger partial charge in [-0.3, -0.25) is 4.99 Å². The quantitative estimate of drug-likeness (QED) is 0.577. The highest BCUT2D eigenvalue weighted by Crippen LogP contribution is 2.39. The Hall–Kier alpha value is -0.630. The molecule has 1 aliphatic carbocycles. The minimum Gasteiger partial charge on any atom is -0.371 e. The van der Waals surface area contributed by atoms with E-state index in [9.17, 15) is 0 Å². The number of aliphatic imine (C=N–C) groups is 1. The van der Waals surface area contributed by atoms with E-state index in [0.29, 0.717) is 0 Å². The van der Waals surface area contributed by atoms with E-state index in [0.717, 1.165) is 12.3 Å². The van der Waals surface area contributed by atoms with Crippen LogP contribution in [0.2, 0.25) is 0 Å². The van der Waals surface area contributed by atoms with Crippen LogP contribution in [0, 0.1) is 5.92 Å². The molecule has 0 aromatic rings. The smallest absolute Gasteiger partial charge is 0.148 e. The second-order valence-corrected chi connectivity index (χ2v) is 3.00. The summed E-state index contributed by atoms with van der Waals surface area (Å²) in [4.78, 5) is 3.84. The fourth-order valence-electron chi connectivity index (χ4n) is 1.33. The number of hydrogen-bond acceptors (Lipinski definition) is 2. The summed E-state index contributed by atoms with van der Waals surface area (Å²) in [5.74, 6) is 0.779. The summed E-state index contributed by atoms with van der Waals surface area (Å²) in [5, 5.41) is 9.12. The van der Waals surface area contributed by atoms with E-state index < -0.39 is 6.23 Å². The van der Waals surface area contributed by atoms with Crippen molar-refractivity contribution in [3.05, 3.63) is 11.6 Å². The normalized spacial score (nSPS) is 32.1. The summed E-state index contributed by atoms with van der Waals surface area (Å²) >= 11 is 0. The lowest BCUT2D eigenvalue weighted by atomic mass is 10.1. The molecule has 1 N–H and O–H groups in total. The molecule has 2 rings (SSSR count). The number of rotatable bonds is 1. The van der Waals surface area contributed by atoms with Crippen molar-refractivity contribution in [2.24, 2.45) is 10.9 Å². The summed E-state index contributed by atoms with van der Waals surface area (Å²) in [6.07, 6.45) is 6.70. The van der Waals surface area contributed by atoms with Gasteiger partial charge in [0.25, 0.3) is 0 Å². The van der Waals surface area contributed by atoms with Crippen LogP contribution in [0.3, 0.4) is 0 Å². The van der Waals surface area contributed by atoms with Crippen molar-refractivity contribution in [1.82, 2.24) is 0 Å². The number of hydrogen-bond donors (Lipinski definition) is 1. The van der Waals surface area contributed by atoms with Crippen LogP contribution in [0.15, 0.2) is 16.6 Å². The minimum atomic E-state index is -0.458.